The van der Waals surface area contributed by atoms with E-state index in [9.17, 15) is 9.90 Å². The van der Waals surface area contributed by atoms with Gasteiger partial charge in [-0.15, -0.1) is 0 Å². The lowest BCUT2D eigenvalue weighted by molar-refractivity contribution is -0.191. The maximum Gasteiger partial charge on any atom is 0.174 e. The number of methoxy groups -OCH3 is 1. The fourth-order valence-electron chi connectivity index (χ4n) is 6.83. The van der Waals surface area contributed by atoms with Gasteiger partial charge in [-0.05, 0) is 50.3 Å². The van der Waals surface area contributed by atoms with Crippen LogP contribution in [0.2, 0.25) is 0 Å². The Kier molecular flexibility index (Phi) is 3.52. The number of carbonyl (C=O) groups is 1. The quantitative estimate of drug-likeness (QED) is 0.853. The van der Waals surface area contributed by atoms with Crippen molar-refractivity contribution in [3.05, 3.63) is 23.3 Å². The smallest absolute Gasteiger partial charge is 0.174 e. The van der Waals surface area contributed by atoms with Crippen LogP contribution in [0.25, 0.3) is 0 Å². The van der Waals surface area contributed by atoms with Crippen LogP contribution >= 0.6 is 0 Å². The molecule has 3 fully saturated rings. The summed E-state index contributed by atoms with van der Waals surface area (Å²) in [5, 5.41) is 12.2. The lowest BCUT2D eigenvalue weighted by atomic mass is 9.49. The summed E-state index contributed by atoms with van der Waals surface area (Å²) in [5.41, 5.74) is 0.644. The first-order chi connectivity index (χ1) is 13.6. The Bertz CT molecular complexity index is 850. The van der Waals surface area contributed by atoms with Crippen LogP contribution in [0.4, 0.5) is 0 Å². The summed E-state index contributed by atoms with van der Waals surface area (Å²) in [7, 11) is 1.63. The van der Waals surface area contributed by atoms with Crippen LogP contribution in [0.5, 0.6) is 11.5 Å². The molecule has 1 aromatic rings. The van der Waals surface area contributed by atoms with Gasteiger partial charge in [-0.2, -0.15) is 0 Å². The second-order valence-electron chi connectivity index (χ2n) is 9.09. The van der Waals surface area contributed by atoms with Gasteiger partial charge in [0.1, 0.15) is 0 Å². The van der Waals surface area contributed by atoms with E-state index < -0.39 is 17.1 Å². The predicted molar refractivity (Wildman–Crippen MR) is 101 cm³/mol. The molecule has 6 heteroatoms. The van der Waals surface area contributed by atoms with Crippen LogP contribution < -0.4 is 9.47 Å². The lowest BCUT2D eigenvalue weighted by Gasteiger charge is -2.62. The Hall–Kier alpha value is -1.63. The second kappa shape index (κ2) is 5.71. The van der Waals surface area contributed by atoms with Gasteiger partial charge in [-0.3, -0.25) is 9.69 Å². The molecular formula is C22H27NO5. The molecule has 2 bridgehead atoms. The second-order valence-corrected chi connectivity index (χ2v) is 9.09. The van der Waals surface area contributed by atoms with Gasteiger partial charge in [0.2, 0.25) is 0 Å². The zero-order chi connectivity index (χ0) is 19.1. The molecule has 0 radical (unpaired) electrons. The van der Waals surface area contributed by atoms with Crippen LogP contribution in [-0.2, 0) is 21.4 Å². The van der Waals surface area contributed by atoms with E-state index >= 15 is 0 Å². The molecule has 6 nitrogen and oxygen atoms in total. The van der Waals surface area contributed by atoms with Crippen molar-refractivity contribution in [1.29, 1.82) is 0 Å². The van der Waals surface area contributed by atoms with E-state index in [0.29, 0.717) is 24.3 Å². The molecule has 6 rings (SSSR count). The fraction of sp³-hybridized carbons (Fsp3) is 0.682. The third-order valence-electron chi connectivity index (χ3n) is 8.04. The Morgan fingerprint density at radius 1 is 1.36 bits per heavy atom. The van der Waals surface area contributed by atoms with E-state index in [1.807, 2.05) is 6.07 Å². The van der Waals surface area contributed by atoms with Gasteiger partial charge in [0.25, 0.3) is 0 Å². The summed E-state index contributed by atoms with van der Waals surface area (Å²) >= 11 is 0. The molecule has 2 aliphatic carbocycles. The molecule has 3 aliphatic heterocycles. The molecule has 5 atom stereocenters. The van der Waals surface area contributed by atoms with E-state index in [-0.39, 0.29) is 17.9 Å². The largest absolute Gasteiger partial charge is 0.493 e. The SMILES string of the molecule is COc1ccc2c3c1OC1C(=O)CCC4(O)[C@@H](C2)N(CC2CCCO2)CC[C@]314. The molecule has 0 aromatic heterocycles. The van der Waals surface area contributed by atoms with Crippen molar-refractivity contribution >= 4 is 5.78 Å². The molecule has 5 aliphatic rings. The van der Waals surface area contributed by atoms with Crippen LogP contribution in [-0.4, -0.2) is 66.4 Å². The van der Waals surface area contributed by atoms with Crippen LogP contribution in [0, 0.1) is 0 Å². The summed E-state index contributed by atoms with van der Waals surface area (Å²) in [5.74, 6) is 1.46. The van der Waals surface area contributed by atoms with Crippen LogP contribution in [0.15, 0.2) is 12.1 Å². The van der Waals surface area contributed by atoms with Crippen molar-refractivity contribution in [3.63, 3.8) is 0 Å². The number of hydrogen-bond donors (Lipinski definition) is 1. The molecule has 2 saturated heterocycles. The van der Waals surface area contributed by atoms with E-state index in [0.717, 1.165) is 50.9 Å². The van der Waals surface area contributed by atoms with Crippen LogP contribution in [0.3, 0.4) is 0 Å². The maximum absolute atomic E-state index is 12.9. The summed E-state index contributed by atoms with van der Waals surface area (Å²) < 4.78 is 17.7. The summed E-state index contributed by atoms with van der Waals surface area (Å²) in [6.45, 7) is 2.56. The number of nitrogens with zero attached hydrogens (tertiary/aromatic N) is 1. The summed E-state index contributed by atoms with van der Waals surface area (Å²) in [6, 6.07) is 4.04. The van der Waals surface area contributed by atoms with Gasteiger partial charge in [0.15, 0.2) is 23.4 Å². The molecule has 3 heterocycles. The van der Waals surface area contributed by atoms with E-state index in [4.69, 9.17) is 14.2 Å². The molecule has 1 N–H and O–H groups in total. The van der Waals surface area contributed by atoms with Gasteiger partial charge in [-0.25, -0.2) is 0 Å². The highest BCUT2D eigenvalue weighted by Gasteiger charge is 2.73. The number of carbonyl (C=O) groups excluding carboxylic acids is 1. The summed E-state index contributed by atoms with van der Waals surface area (Å²) in [6.07, 6.45) is 4.27. The lowest BCUT2D eigenvalue weighted by Crippen LogP contribution is -2.76. The first-order valence-electron chi connectivity index (χ1n) is 10.6. The minimum Gasteiger partial charge on any atom is -0.493 e. The Morgan fingerprint density at radius 3 is 3.04 bits per heavy atom. The number of benzene rings is 1. The fourth-order valence-corrected chi connectivity index (χ4v) is 6.83. The van der Waals surface area contributed by atoms with Gasteiger partial charge >= 0.3 is 0 Å². The molecule has 1 spiro atoms. The minimum atomic E-state index is -0.951. The van der Waals surface area contributed by atoms with Gasteiger partial charge in [-0.1, -0.05) is 6.07 Å². The van der Waals surface area contributed by atoms with Gasteiger partial charge < -0.3 is 19.3 Å². The van der Waals surface area contributed by atoms with Crippen molar-refractivity contribution < 1.29 is 24.1 Å². The first-order valence-corrected chi connectivity index (χ1v) is 10.6. The Morgan fingerprint density at radius 2 is 2.25 bits per heavy atom. The highest BCUT2D eigenvalue weighted by atomic mass is 16.5. The Labute approximate surface area is 164 Å². The normalized spacial score (nSPS) is 40.9. The number of aliphatic hydroxyl groups is 1. The maximum atomic E-state index is 12.9. The molecular weight excluding hydrogens is 358 g/mol. The number of Topliss-reactive ketones (excluding diaryl/α,β-unsaturated/α-hetero) is 1. The number of ketones is 1. The van der Waals surface area contributed by atoms with Crippen molar-refractivity contribution in [1.82, 2.24) is 4.90 Å². The monoisotopic (exact) mass is 385 g/mol. The topological polar surface area (TPSA) is 68.2 Å². The predicted octanol–water partition coefficient (Wildman–Crippen LogP) is 1.60. The molecule has 150 valence electrons. The van der Waals surface area contributed by atoms with Crippen molar-refractivity contribution in [2.24, 2.45) is 0 Å². The average molecular weight is 385 g/mol. The first kappa shape index (κ1) is 17.2. The number of rotatable bonds is 3. The highest BCUT2D eigenvalue weighted by Crippen LogP contribution is 2.64. The number of hydrogen-bond acceptors (Lipinski definition) is 6. The van der Waals surface area contributed by atoms with E-state index in [1.54, 1.807) is 7.11 Å². The third kappa shape index (κ3) is 1.91. The molecule has 1 saturated carbocycles. The molecule has 3 unspecified atom stereocenters. The molecule has 1 aromatic carbocycles. The summed E-state index contributed by atoms with van der Waals surface area (Å²) in [4.78, 5) is 15.3. The highest BCUT2D eigenvalue weighted by molar-refractivity contribution is 5.90. The number of likely N-dealkylation sites (tertiary alicyclic amines) is 1. The molecule has 28 heavy (non-hydrogen) atoms. The number of ether oxygens (including phenoxy) is 3. The standard InChI is InChI=1S/C22H27NO5/c1-26-16-5-4-13-11-17-22(25)7-6-15(24)20-21(22,18(13)19(16)28-20)8-9-23(17)12-14-3-2-10-27-14/h4-5,14,17,20,25H,2-3,6-12H2,1H3/t14?,17-,20?,21+,22?/m1/s1. The van der Waals surface area contributed by atoms with Crippen molar-refractivity contribution in [2.45, 2.75) is 67.8 Å². The zero-order valence-electron chi connectivity index (χ0n) is 16.3. The van der Waals surface area contributed by atoms with Gasteiger partial charge in [0, 0.05) is 31.2 Å². The minimum absolute atomic E-state index is 0.00325. The van der Waals surface area contributed by atoms with Crippen LogP contribution in [0.1, 0.15) is 43.2 Å². The average Bonchev–Trinajstić information content (AvgIpc) is 3.32. The van der Waals surface area contributed by atoms with Crippen molar-refractivity contribution in [2.75, 3.05) is 26.8 Å². The number of piperidine rings is 1. The van der Waals surface area contributed by atoms with Crippen molar-refractivity contribution in [3.8, 4) is 11.5 Å². The van der Waals surface area contributed by atoms with E-state index in [2.05, 4.69) is 11.0 Å². The molecule has 0 amide bonds. The Balaban J connectivity index is 1.50. The zero-order valence-corrected chi connectivity index (χ0v) is 16.3. The van der Waals surface area contributed by atoms with E-state index in [1.165, 1.54) is 5.56 Å². The van der Waals surface area contributed by atoms with Gasteiger partial charge in [0.05, 0.1) is 24.2 Å². The third-order valence-corrected chi connectivity index (χ3v) is 8.04.